The minimum Gasteiger partial charge on any atom is -0.338 e. The first-order valence-electron chi connectivity index (χ1n) is 5.63. The molecule has 1 atom stereocenters. The first-order chi connectivity index (χ1) is 8.15. The van der Waals surface area contributed by atoms with E-state index < -0.39 is 0 Å². The van der Waals surface area contributed by atoms with Crippen molar-refractivity contribution in [2.75, 3.05) is 13.1 Å². The molecule has 1 aromatic carbocycles. The topological polar surface area (TPSA) is 46.3 Å². The summed E-state index contributed by atoms with van der Waals surface area (Å²) in [6, 6.07) is 6.10. The average molecular weight is 234 g/mol. The second-order valence-corrected chi connectivity index (χ2v) is 4.22. The van der Waals surface area contributed by atoms with Crippen molar-refractivity contribution in [2.45, 2.75) is 12.5 Å². The van der Waals surface area contributed by atoms with Crippen molar-refractivity contribution in [2.24, 2.45) is 5.73 Å². The van der Waals surface area contributed by atoms with Gasteiger partial charge in [-0.1, -0.05) is 12.1 Å². The van der Waals surface area contributed by atoms with Crippen LogP contribution in [0, 0.1) is 5.82 Å². The Morgan fingerprint density at radius 3 is 2.71 bits per heavy atom. The van der Waals surface area contributed by atoms with Gasteiger partial charge in [-0.25, -0.2) is 4.39 Å². The van der Waals surface area contributed by atoms with Crippen LogP contribution in [0.5, 0.6) is 0 Å². The quantitative estimate of drug-likeness (QED) is 0.786. The molecule has 0 spiro atoms. The monoisotopic (exact) mass is 234 g/mol. The van der Waals surface area contributed by atoms with E-state index in [1.807, 2.05) is 0 Å². The predicted molar refractivity (Wildman–Crippen MR) is 64.6 cm³/mol. The third kappa shape index (κ3) is 3.14. The molecule has 1 aromatic rings. The number of rotatable bonds is 2. The number of carbonyl (C=O) groups excluding carboxylic acids is 1. The first kappa shape index (κ1) is 11.8. The molecule has 1 aliphatic heterocycles. The lowest BCUT2D eigenvalue weighted by Crippen LogP contribution is -2.30. The maximum atomic E-state index is 12.7. The minimum absolute atomic E-state index is 0.0396. The van der Waals surface area contributed by atoms with E-state index in [0.717, 1.165) is 12.0 Å². The normalized spacial score (nSPS) is 20.1. The smallest absolute Gasteiger partial charge is 0.246 e. The summed E-state index contributed by atoms with van der Waals surface area (Å²) in [5, 5.41) is 0. The third-order valence-corrected chi connectivity index (χ3v) is 2.82. The third-order valence-electron chi connectivity index (χ3n) is 2.82. The zero-order valence-corrected chi connectivity index (χ0v) is 9.47. The maximum absolute atomic E-state index is 12.7. The van der Waals surface area contributed by atoms with Crippen molar-refractivity contribution in [1.29, 1.82) is 0 Å². The highest BCUT2D eigenvalue weighted by Gasteiger charge is 2.21. The fourth-order valence-electron chi connectivity index (χ4n) is 1.83. The molecule has 2 rings (SSSR count). The van der Waals surface area contributed by atoms with E-state index in [1.165, 1.54) is 18.2 Å². The molecule has 1 aliphatic rings. The van der Waals surface area contributed by atoms with Gasteiger partial charge in [-0.3, -0.25) is 4.79 Å². The molecule has 0 radical (unpaired) electrons. The molecule has 1 saturated heterocycles. The molecule has 0 bridgehead atoms. The molecule has 4 heteroatoms. The van der Waals surface area contributed by atoms with Gasteiger partial charge in [-0.05, 0) is 30.2 Å². The summed E-state index contributed by atoms with van der Waals surface area (Å²) in [6.07, 6.45) is 4.05. The summed E-state index contributed by atoms with van der Waals surface area (Å²) in [6.45, 7) is 1.33. The number of carbonyl (C=O) groups is 1. The van der Waals surface area contributed by atoms with Crippen LogP contribution in [0.2, 0.25) is 0 Å². The number of hydrogen-bond acceptors (Lipinski definition) is 2. The Morgan fingerprint density at radius 2 is 2.12 bits per heavy atom. The van der Waals surface area contributed by atoms with E-state index in [-0.39, 0.29) is 17.8 Å². The Morgan fingerprint density at radius 1 is 1.41 bits per heavy atom. The average Bonchev–Trinajstić information content (AvgIpc) is 2.75. The fourth-order valence-corrected chi connectivity index (χ4v) is 1.83. The lowest BCUT2D eigenvalue weighted by molar-refractivity contribution is -0.124. The van der Waals surface area contributed by atoms with Gasteiger partial charge < -0.3 is 10.6 Å². The number of benzene rings is 1. The van der Waals surface area contributed by atoms with Crippen LogP contribution in [-0.2, 0) is 4.79 Å². The van der Waals surface area contributed by atoms with E-state index in [1.54, 1.807) is 23.1 Å². The Labute approximate surface area is 99.7 Å². The molecule has 1 heterocycles. The SMILES string of the molecule is NC1CCN(C(=O)C=Cc2ccc(F)cc2)C1. The molecule has 3 nitrogen and oxygen atoms in total. The molecule has 0 saturated carbocycles. The summed E-state index contributed by atoms with van der Waals surface area (Å²) in [5.74, 6) is -0.318. The highest BCUT2D eigenvalue weighted by atomic mass is 19.1. The van der Waals surface area contributed by atoms with E-state index >= 15 is 0 Å². The predicted octanol–water partition coefficient (Wildman–Crippen LogP) is 1.40. The zero-order chi connectivity index (χ0) is 12.3. The van der Waals surface area contributed by atoms with Crippen LogP contribution in [0.25, 0.3) is 6.08 Å². The van der Waals surface area contributed by atoms with Crippen LogP contribution in [0.1, 0.15) is 12.0 Å². The molecular formula is C13H15FN2O. The number of halogens is 1. The van der Waals surface area contributed by atoms with Crippen molar-refractivity contribution in [1.82, 2.24) is 4.90 Å². The number of nitrogens with zero attached hydrogens (tertiary/aromatic N) is 1. The molecule has 1 unspecified atom stereocenters. The summed E-state index contributed by atoms with van der Waals surface area (Å²) in [5.41, 5.74) is 6.54. The van der Waals surface area contributed by atoms with Crippen LogP contribution in [0.4, 0.5) is 4.39 Å². The van der Waals surface area contributed by atoms with Crippen molar-refractivity contribution < 1.29 is 9.18 Å². The minimum atomic E-state index is -0.279. The van der Waals surface area contributed by atoms with Crippen molar-refractivity contribution in [3.8, 4) is 0 Å². The molecular weight excluding hydrogens is 219 g/mol. The van der Waals surface area contributed by atoms with Crippen LogP contribution in [-0.4, -0.2) is 29.9 Å². The molecule has 90 valence electrons. The van der Waals surface area contributed by atoms with Crippen LogP contribution in [0.3, 0.4) is 0 Å². The van der Waals surface area contributed by atoms with E-state index in [9.17, 15) is 9.18 Å². The summed E-state index contributed by atoms with van der Waals surface area (Å²) >= 11 is 0. The van der Waals surface area contributed by atoms with Gasteiger partial charge >= 0.3 is 0 Å². The number of amides is 1. The first-order valence-corrected chi connectivity index (χ1v) is 5.63. The molecule has 0 aromatic heterocycles. The van der Waals surface area contributed by atoms with Gasteiger partial charge in [-0.15, -0.1) is 0 Å². The number of hydrogen-bond donors (Lipinski definition) is 1. The molecule has 2 N–H and O–H groups in total. The summed E-state index contributed by atoms with van der Waals surface area (Å²) in [7, 11) is 0. The van der Waals surface area contributed by atoms with E-state index in [4.69, 9.17) is 5.73 Å². The van der Waals surface area contributed by atoms with Crippen molar-refractivity contribution >= 4 is 12.0 Å². The highest BCUT2D eigenvalue weighted by Crippen LogP contribution is 2.09. The van der Waals surface area contributed by atoms with Gasteiger partial charge in [0.25, 0.3) is 0 Å². The zero-order valence-electron chi connectivity index (χ0n) is 9.47. The second kappa shape index (κ2) is 5.10. The Kier molecular flexibility index (Phi) is 3.54. The van der Waals surface area contributed by atoms with E-state index in [0.29, 0.717) is 13.1 Å². The number of nitrogens with two attached hydrogens (primary N) is 1. The van der Waals surface area contributed by atoms with Crippen LogP contribution in [0.15, 0.2) is 30.3 Å². The molecule has 17 heavy (non-hydrogen) atoms. The van der Waals surface area contributed by atoms with Crippen molar-refractivity contribution in [3.63, 3.8) is 0 Å². The van der Waals surface area contributed by atoms with Gasteiger partial charge in [0.15, 0.2) is 0 Å². The van der Waals surface area contributed by atoms with Gasteiger partial charge in [0.2, 0.25) is 5.91 Å². The Balaban J connectivity index is 1.96. The highest BCUT2D eigenvalue weighted by molar-refractivity contribution is 5.92. The summed E-state index contributed by atoms with van der Waals surface area (Å²) < 4.78 is 12.7. The standard InChI is InChI=1S/C13H15FN2O/c14-11-4-1-10(2-5-11)3-6-13(17)16-8-7-12(15)9-16/h1-6,12H,7-9,15H2. The van der Waals surface area contributed by atoms with Crippen LogP contribution < -0.4 is 5.73 Å². The molecule has 1 fully saturated rings. The van der Waals surface area contributed by atoms with Gasteiger partial charge in [0.1, 0.15) is 5.82 Å². The molecule has 1 amide bonds. The van der Waals surface area contributed by atoms with Gasteiger partial charge in [0, 0.05) is 25.2 Å². The van der Waals surface area contributed by atoms with Crippen LogP contribution >= 0.6 is 0 Å². The lowest BCUT2D eigenvalue weighted by atomic mass is 10.2. The number of likely N-dealkylation sites (tertiary alicyclic amines) is 1. The summed E-state index contributed by atoms with van der Waals surface area (Å²) in [4.78, 5) is 13.5. The van der Waals surface area contributed by atoms with Crippen molar-refractivity contribution in [3.05, 3.63) is 41.7 Å². The second-order valence-electron chi connectivity index (χ2n) is 4.22. The van der Waals surface area contributed by atoms with E-state index in [2.05, 4.69) is 0 Å². The Hall–Kier alpha value is -1.68. The van der Waals surface area contributed by atoms with Gasteiger partial charge in [0.05, 0.1) is 0 Å². The lowest BCUT2D eigenvalue weighted by Gasteiger charge is -2.12. The maximum Gasteiger partial charge on any atom is 0.246 e. The van der Waals surface area contributed by atoms with Gasteiger partial charge in [-0.2, -0.15) is 0 Å². The molecule has 0 aliphatic carbocycles. The Bertz CT molecular complexity index is 428. The largest absolute Gasteiger partial charge is 0.338 e. The fraction of sp³-hybridized carbons (Fsp3) is 0.308.